The van der Waals surface area contributed by atoms with Gasteiger partial charge in [0.2, 0.25) is 0 Å². The van der Waals surface area contributed by atoms with Crippen molar-refractivity contribution in [2.45, 2.75) is 52.6 Å². The number of rotatable bonds is 7. The summed E-state index contributed by atoms with van der Waals surface area (Å²) >= 11 is 0. The van der Waals surface area contributed by atoms with Crippen molar-refractivity contribution in [3.05, 3.63) is 18.2 Å². The summed E-state index contributed by atoms with van der Waals surface area (Å²) in [6.45, 7) is 8.73. The predicted molar refractivity (Wildman–Crippen MR) is 64.0 cm³/mol. The maximum atomic E-state index is 4.34. The van der Waals surface area contributed by atoms with Crippen molar-refractivity contribution < 1.29 is 0 Å². The van der Waals surface area contributed by atoms with Crippen LogP contribution in [0.1, 0.15) is 39.4 Å². The normalized spacial score (nSPS) is 13.0. The minimum Gasteiger partial charge on any atom is -0.333 e. The van der Waals surface area contributed by atoms with Crippen LogP contribution in [0, 0.1) is 0 Å². The van der Waals surface area contributed by atoms with Gasteiger partial charge in [-0.25, -0.2) is 4.98 Å². The molecule has 1 N–H and O–H groups in total. The zero-order chi connectivity index (χ0) is 11.1. The second-order valence-electron chi connectivity index (χ2n) is 3.91. The van der Waals surface area contributed by atoms with E-state index in [1.807, 2.05) is 6.20 Å². The lowest BCUT2D eigenvalue weighted by Crippen LogP contribution is -2.33. The highest BCUT2D eigenvalue weighted by atomic mass is 15.1. The molecule has 0 aromatic carbocycles. The van der Waals surface area contributed by atoms with Crippen molar-refractivity contribution >= 4 is 0 Å². The summed E-state index contributed by atoms with van der Waals surface area (Å²) < 4.78 is 2.26. The Morgan fingerprint density at radius 2 is 2.20 bits per heavy atom. The molecule has 0 aliphatic heterocycles. The van der Waals surface area contributed by atoms with Gasteiger partial charge in [-0.1, -0.05) is 20.8 Å². The summed E-state index contributed by atoms with van der Waals surface area (Å²) in [7, 11) is 0. The fraction of sp³-hybridized carbons (Fsp3) is 0.750. The Bertz CT molecular complexity index is 268. The minimum atomic E-state index is 0.574. The quantitative estimate of drug-likeness (QED) is 0.746. The van der Waals surface area contributed by atoms with Crippen molar-refractivity contribution in [1.29, 1.82) is 0 Å². The van der Waals surface area contributed by atoms with E-state index in [0.717, 1.165) is 19.5 Å². The van der Waals surface area contributed by atoms with Crippen LogP contribution in [0.15, 0.2) is 12.4 Å². The molecule has 0 saturated carbocycles. The molecule has 1 aromatic heterocycles. The Balaban J connectivity index is 2.50. The van der Waals surface area contributed by atoms with Crippen LogP contribution in [0.3, 0.4) is 0 Å². The second-order valence-corrected chi connectivity index (χ2v) is 3.91. The zero-order valence-electron chi connectivity index (χ0n) is 10.2. The van der Waals surface area contributed by atoms with Gasteiger partial charge in [-0.15, -0.1) is 0 Å². The summed E-state index contributed by atoms with van der Waals surface area (Å²) in [6.07, 6.45) is 7.35. The number of aryl methyl sites for hydroxylation is 1. The molecule has 0 aliphatic carbocycles. The fourth-order valence-corrected chi connectivity index (χ4v) is 1.74. The summed E-state index contributed by atoms with van der Waals surface area (Å²) in [4.78, 5) is 4.34. The number of aromatic nitrogens is 2. The monoisotopic (exact) mass is 209 g/mol. The molecule has 3 heteroatoms. The highest BCUT2D eigenvalue weighted by molar-refractivity contribution is 4.92. The lowest BCUT2D eigenvalue weighted by Gasteiger charge is -2.18. The summed E-state index contributed by atoms with van der Waals surface area (Å²) in [5.41, 5.74) is 0. The predicted octanol–water partition coefficient (Wildman–Crippen LogP) is 2.22. The Morgan fingerprint density at radius 3 is 2.80 bits per heavy atom. The molecule has 86 valence electrons. The van der Waals surface area contributed by atoms with Gasteiger partial charge in [0, 0.05) is 31.4 Å². The number of hydrogen-bond donors (Lipinski definition) is 1. The first-order valence-corrected chi connectivity index (χ1v) is 6.05. The molecule has 1 atom stereocenters. The van der Waals surface area contributed by atoms with Crippen LogP contribution in [0.2, 0.25) is 0 Å². The van der Waals surface area contributed by atoms with Gasteiger partial charge in [0.15, 0.2) is 0 Å². The standard InChI is InChI=1S/C12H23N3/c1-4-7-13-11(5-2)10-15-9-8-14-12(15)6-3/h8-9,11,13H,4-7,10H2,1-3H3. The van der Waals surface area contributed by atoms with E-state index < -0.39 is 0 Å². The van der Waals surface area contributed by atoms with Crippen LogP contribution >= 0.6 is 0 Å². The molecule has 0 radical (unpaired) electrons. The van der Waals surface area contributed by atoms with Crippen LogP contribution in [0.4, 0.5) is 0 Å². The molecule has 1 unspecified atom stereocenters. The van der Waals surface area contributed by atoms with Gasteiger partial charge >= 0.3 is 0 Å². The molecule has 1 aromatic rings. The molecular formula is C12H23N3. The van der Waals surface area contributed by atoms with E-state index in [4.69, 9.17) is 0 Å². The summed E-state index contributed by atoms with van der Waals surface area (Å²) in [5, 5.41) is 3.56. The highest BCUT2D eigenvalue weighted by Crippen LogP contribution is 2.03. The summed E-state index contributed by atoms with van der Waals surface area (Å²) in [6, 6.07) is 0.574. The van der Waals surface area contributed by atoms with Crippen molar-refractivity contribution in [2.24, 2.45) is 0 Å². The number of imidazole rings is 1. The first-order valence-electron chi connectivity index (χ1n) is 6.05. The van der Waals surface area contributed by atoms with Crippen LogP contribution in [-0.2, 0) is 13.0 Å². The molecule has 0 amide bonds. The Morgan fingerprint density at radius 1 is 1.40 bits per heavy atom. The van der Waals surface area contributed by atoms with E-state index in [9.17, 15) is 0 Å². The number of nitrogens with zero attached hydrogens (tertiary/aromatic N) is 2. The Hall–Kier alpha value is -0.830. The van der Waals surface area contributed by atoms with Crippen LogP contribution in [-0.4, -0.2) is 22.1 Å². The molecule has 0 aliphatic rings. The van der Waals surface area contributed by atoms with E-state index >= 15 is 0 Å². The van der Waals surface area contributed by atoms with Gasteiger partial charge in [-0.2, -0.15) is 0 Å². The van der Waals surface area contributed by atoms with Crippen LogP contribution in [0.25, 0.3) is 0 Å². The van der Waals surface area contributed by atoms with Crippen molar-refractivity contribution in [1.82, 2.24) is 14.9 Å². The average Bonchev–Trinajstić information content (AvgIpc) is 2.71. The Labute approximate surface area is 92.9 Å². The third-order valence-electron chi connectivity index (χ3n) is 2.71. The molecule has 15 heavy (non-hydrogen) atoms. The molecule has 1 rings (SSSR count). The van der Waals surface area contributed by atoms with Gasteiger partial charge < -0.3 is 9.88 Å². The Kier molecular flexibility index (Phi) is 5.40. The zero-order valence-corrected chi connectivity index (χ0v) is 10.2. The molecule has 0 saturated heterocycles. The smallest absolute Gasteiger partial charge is 0.108 e. The highest BCUT2D eigenvalue weighted by Gasteiger charge is 2.07. The van der Waals surface area contributed by atoms with Crippen molar-refractivity contribution in [2.75, 3.05) is 6.54 Å². The molecular weight excluding hydrogens is 186 g/mol. The van der Waals surface area contributed by atoms with Crippen molar-refractivity contribution in [3.63, 3.8) is 0 Å². The second kappa shape index (κ2) is 6.62. The molecule has 0 spiro atoms. The topological polar surface area (TPSA) is 29.9 Å². The SMILES string of the molecule is CCCNC(CC)Cn1ccnc1CC. The van der Waals surface area contributed by atoms with Crippen LogP contribution < -0.4 is 5.32 Å². The fourth-order valence-electron chi connectivity index (χ4n) is 1.74. The number of hydrogen-bond acceptors (Lipinski definition) is 2. The molecule has 1 heterocycles. The maximum Gasteiger partial charge on any atom is 0.108 e. The number of nitrogens with one attached hydrogen (secondary N) is 1. The van der Waals surface area contributed by atoms with E-state index in [1.54, 1.807) is 0 Å². The van der Waals surface area contributed by atoms with Gasteiger partial charge in [0.1, 0.15) is 5.82 Å². The third-order valence-corrected chi connectivity index (χ3v) is 2.71. The molecule has 0 bridgehead atoms. The van der Waals surface area contributed by atoms with E-state index in [0.29, 0.717) is 6.04 Å². The van der Waals surface area contributed by atoms with Gasteiger partial charge in [0.05, 0.1) is 0 Å². The molecule has 0 fully saturated rings. The first-order chi connectivity index (χ1) is 7.31. The first kappa shape index (κ1) is 12.2. The lowest BCUT2D eigenvalue weighted by molar-refractivity contribution is 0.430. The summed E-state index contributed by atoms with van der Waals surface area (Å²) in [5.74, 6) is 1.19. The van der Waals surface area contributed by atoms with Gasteiger partial charge in [-0.05, 0) is 19.4 Å². The van der Waals surface area contributed by atoms with E-state index in [2.05, 4.69) is 41.8 Å². The minimum absolute atomic E-state index is 0.574. The van der Waals surface area contributed by atoms with Crippen molar-refractivity contribution in [3.8, 4) is 0 Å². The maximum absolute atomic E-state index is 4.34. The largest absolute Gasteiger partial charge is 0.333 e. The average molecular weight is 209 g/mol. The lowest BCUT2D eigenvalue weighted by atomic mass is 10.2. The van der Waals surface area contributed by atoms with Gasteiger partial charge in [0.25, 0.3) is 0 Å². The molecule has 3 nitrogen and oxygen atoms in total. The van der Waals surface area contributed by atoms with E-state index in [1.165, 1.54) is 18.7 Å². The van der Waals surface area contributed by atoms with Gasteiger partial charge in [-0.3, -0.25) is 0 Å². The van der Waals surface area contributed by atoms with Crippen LogP contribution in [0.5, 0.6) is 0 Å². The third kappa shape index (κ3) is 3.67. The van der Waals surface area contributed by atoms with E-state index in [-0.39, 0.29) is 0 Å².